The lowest BCUT2D eigenvalue weighted by Crippen LogP contribution is -2.13. The molecular weight excluding hydrogens is 449 g/mol. The largest absolute Gasteiger partial charge is 0.493 e. The Morgan fingerprint density at radius 3 is 2.18 bits per heavy atom. The van der Waals surface area contributed by atoms with E-state index in [1.54, 1.807) is 24.3 Å². The Hall–Kier alpha value is -4.27. The summed E-state index contributed by atoms with van der Waals surface area (Å²) in [6.07, 6.45) is -1.56. The first-order valence-electron chi connectivity index (χ1n) is 9.99. The lowest BCUT2D eigenvalue weighted by molar-refractivity contribution is -0.137. The molecule has 3 rings (SSSR count). The molecule has 6 nitrogen and oxygen atoms in total. The smallest absolute Gasteiger partial charge is 0.416 e. The summed E-state index contributed by atoms with van der Waals surface area (Å²) in [5.41, 5.74) is 0.560. The highest BCUT2D eigenvalue weighted by Crippen LogP contribution is 2.31. The highest BCUT2D eigenvalue weighted by molar-refractivity contribution is 6.05. The number of carbonyl (C=O) groups excluding carboxylic acids is 2. The summed E-state index contributed by atoms with van der Waals surface area (Å²) in [5, 5.41) is 5.10. The van der Waals surface area contributed by atoms with Gasteiger partial charge < -0.3 is 20.1 Å². The first-order chi connectivity index (χ1) is 16.2. The third-order valence-corrected chi connectivity index (χ3v) is 4.70. The van der Waals surface area contributed by atoms with Crippen molar-refractivity contribution in [2.45, 2.75) is 6.18 Å². The number of benzene rings is 3. The number of nitrogens with one attached hydrogen (secondary N) is 2. The summed E-state index contributed by atoms with van der Waals surface area (Å²) < 4.78 is 48.9. The molecule has 0 aliphatic carbocycles. The Labute approximate surface area is 194 Å². The van der Waals surface area contributed by atoms with Gasteiger partial charge in [-0.1, -0.05) is 12.1 Å². The van der Waals surface area contributed by atoms with Crippen LogP contribution in [0, 0.1) is 0 Å². The highest BCUT2D eigenvalue weighted by atomic mass is 19.4. The van der Waals surface area contributed by atoms with Crippen LogP contribution in [0.1, 0.15) is 21.5 Å². The maximum absolute atomic E-state index is 12.8. The van der Waals surface area contributed by atoms with E-state index in [0.29, 0.717) is 17.2 Å². The van der Waals surface area contributed by atoms with Crippen LogP contribution in [0.2, 0.25) is 0 Å². The minimum Gasteiger partial charge on any atom is -0.493 e. The quantitative estimate of drug-likeness (QED) is 0.439. The standard InChI is InChI=1S/C25H21F3N2O4/c1-33-21-12-6-16(14-22(21)34-2)7-13-23(31)29-19-10-8-17(9-11-19)24(32)30-20-5-3-4-18(15-20)25(26,27)28/h3-15H,1-2H3,(H,29,31)(H,30,32)/b13-7+. The third kappa shape index (κ3) is 6.38. The van der Waals surface area contributed by atoms with Crippen molar-refractivity contribution >= 4 is 29.3 Å². The van der Waals surface area contributed by atoms with Crippen molar-refractivity contribution in [1.82, 2.24) is 0 Å². The zero-order valence-corrected chi connectivity index (χ0v) is 18.3. The predicted octanol–water partition coefficient (Wildman–Crippen LogP) is 5.63. The van der Waals surface area contributed by atoms with E-state index in [1.165, 1.54) is 56.7 Å². The number of halogens is 3. The van der Waals surface area contributed by atoms with Gasteiger partial charge in [-0.3, -0.25) is 9.59 Å². The number of alkyl halides is 3. The van der Waals surface area contributed by atoms with E-state index in [0.717, 1.165) is 17.7 Å². The molecule has 0 unspecified atom stereocenters. The topological polar surface area (TPSA) is 76.7 Å². The molecule has 2 N–H and O–H groups in total. The average Bonchev–Trinajstić information content (AvgIpc) is 2.82. The molecule has 0 saturated heterocycles. The second-order valence-corrected chi connectivity index (χ2v) is 7.05. The molecule has 0 spiro atoms. The molecule has 0 bridgehead atoms. The molecule has 34 heavy (non-hydrogen) atoms. The van der Waals surface area contributed by atoms with Crippen molar-refractivity contribution in [3.8, 4) is 11.5 Å². The Kier molecular flexibility index (Phi) is 7.57. The van der Waals surface area contributed by atoms with Crippen LogP contribution in [0.5, 0.6) is 11.5 Å². The Bertz CT molecular complexity index is 1210. The molecule has 0 aliphatic heterocycles. The lowest BCUT2D eigenvalue weighted by Gasteiger charge is -2.10. The van der Waals surface area contributed by atoms with Gasteiger partial charge in [0.25, 0.3) is 5.91 Å². The normalized spacial score (nSPS) is 11.2. The van der Waals surface area contributed by atoms with E-state index < -0.39 is 23.6 Å². The van der Waals surface area contributed by atoms with Crippen LogP contribution in [-0.4, -0.2) is 26.0 Å². The van der Waals surface area contributed by atoms with Gasteiger partial charge in [0.05, 0.1) is 19.8 Å². The van der Waals surface area contributed by atoms with Crippen LogP contribution in [0.4, 0.5) is 24.5 Å². The maximum Gasteiger partial charge on any atom is 0.416 e. The third-order valence-electron chi connectivity index (χ3n) is 4.70. The molecule has 0 heterocycles. The Morgan fingerprint density at radius 1 is 0.824 bits per heavy atom. The highest BCUT2D eigenvalue weighted by Gasteiger charge is 2.30. The number of carbonyl (C=O) groups is 2. The van der Waals surface area contributed by atoms with Gasteiger partial charge in [-0.15, -0.1) is 0 Å². The molecule has 0 aliphatic rings. The van der Waals surface area contributed by atoms with E-state index in [2.05, 4.69) is 10.6 Å². The summed E-state index contributed by atoms with van der Waals surface area (Å²) in [6, 6.07) is 15.5. The van der Waals surface area contributed by atoms with Gasteiger partial charge in [-0.25, -0.2) is 0 Å². The SMILES string of the molecule is COc1ccc(/C=C/C(=O)Nc2ccc(C(=O)Nc3cccc(C(F)(F)F)c3)cc2)cc1OC. The van der Waals surface area contributed by atoms with Gasteiger partial charge in [0, 0.05) is 23.0 Å². The fourth-order valence-corrected chi connectivity index (χ4v) is 2.99. The monoisotopic (exact) mass is 470 g/mol. The molecule has 0 saturated carbocycles. The van der Waals surface area contributed by atoms with Gasteiger partial charge in [0.2, 0.25) is 5.91 Å². The fourth-order valence-electron chi connectivity index (χ4n) is 2.99. The molecule has 2 amide bonds. The number of rotatable bonds is 7. The second kappa shape index (κ2) is 10.6. The van der Waals surface area contributed by atoms with Crippen molar-refractivity contribution in [3.05, 3.63) is 89.5 Å². The van der Waals surface area contributed by atoms with Crippen molar-refractivity contribution in [3.63, 3.8) is 0 Å². The van der Waals surface area contributed by atoms with Crippen LogP contribution in [-0.2, 0) is 11.0 Å². The first kappa shape index (κ1) is 24.4. The summed E-state index contributed by atoms with van der Waals surface area (Å²) >= 11 is 0. The summed E-state index contributed by atoms with van der Waals surface area (Å²) in [7, 11) is 3.04. The molecule has 3 aromatic rings. The van der Waals surface area contributed by atoms with Gasteiger partial charge >= 0.3 is 6.18 Å². The number of ether oxygens (including phenoxy) is 2. The molecule has 176 valence electrons. The lowest BCUT2D eigenvalue weighted by atomic mass is 10.1. The molecule has 0 radical (unpaired) electrons. The second-order valence-electron chi connectivity index (χ2n) is 7.05. The number of amides is 2. The van der Waals surface area contributed by atoms with Gasteiger partial charge in [-0.05, 0) is 66.2 Å². The van der Waals surface area contributed by atoms with Gasteiger partial charge in [-0.2, -0.15) is 13.2 Å². The number of anilines is 2. The van der Waals surface area contributed by atoms with Gasteiger partial charge in [0.15, 0.2) is 11.5 Å². The van der Waals surface area contributed by atoms with Gasteiger partial charge in [0.1, 0.15) is 0 Å². The summed E-state index contributed by atoms with van der Waals surface area (Å²) in [5.74, 6) is 0.131. The molecule has 0 atom stereocenters. The van der Waals surface area contributed by atoms with E-state index >= 15 is 0 Å². The van der Waals surface area contributed by atoms with Crippen LogP contribution < -0.4 is 20.1 Å². The van der Waals surface area contributed by atoms with Crippen molar-refractivity contribution in [1.29, 1.82) is 0 Å². The predicted molar refractivity (Wildman–Crippen MR) is 123 cm³/mol. The number of methoxy groups -OCH3 is 2. The number of hydrogen-bond acceptors (Lipinski definition) is 4. The molecule has 0 fully saturated rings. The maximum atomic E-state index is 12.8. The average molecular weight is 470 g/mol. The molecule has 9 heteroatoms. The van der Waals surface area contributed by atoms with Crippen LogP contribution in [0.25, 0.3) is 6.08 Å². The van der Waals surface area contributed by atoms with Crippen LogP contribution in [0.15, 0.2) is 72.8 Å². The minimum absolute atomic E-state index is 0.0255. The molecule has 0 aromatic heterocycles. The van der Waals surface area contributed by atoms with Crippen LogP contribution in [0.3, 0.4) is 0 Å². The van der Waals surface area contributed by atoms with E-state index in [1.807, 2.05) is 0 Å². The minimum atomic E-state index is -4.51. The molecular formula is C25H21F3N2O4. The first-order valence-corrected chi connectivity index (χ1v) is 9.99. The Morgan fingerprint density at radius 2 is 1.53 bits per heavy atom. The van der Waals surface area contributed by atoms with E-state index in [9.17, 15) is 22.8 Å². The van der Waals surface area contributed by atoms with Crippen molar-refractivity contribution < 1.29 is 32.2 Å². The number of hydrogen-bond donors (Lipinski definition) is 2. The molecule has 3 aromatic carbocycles. The summed E-state index contributed by atoms with van der Waals surface area (Å²) in [4.78, 5) is 24.6. The van der Waals surface area contributed by atoms with Crippen molar-refractivity contribution in [2.24, 2.45) is 0 Å². The Balaban J connectivity index is 1.60. The van der Waals surface area contributed by atoms with Crippen molar-refractivity contribution in [2.75, 3.05) is 24.9 Å². The zero-order chi connectivity index (χ0) is 24.7. The summed E-state index contributed by atoms with van der Waals surface area (Å²) in [6.45, 7) is 0. The fraction of sp³-hybridized carbons (Fsp3) is 0.120. The van der Waals surface area contributed by atoms with E-state index in [4.69, 9.17) is 9.47 Å². The zero-order valence-electron chi connectivity index (χ0n) is 18.3. The van der Waals surface area contributed by atoms with Crippen LogP contribution >= 0.6 is 0 Å². The van der Waals surface area contributed by atoms with E-state index in [-0.39, 0.29) is 11.3 Å².